The van der Waals surface area contributed by atoms with Gasteiger partial charge in [0.05, 0.1) is 14.2 Å². The van der Waals surface area contributed by atoms with Gasteiger partial charge in [0.2, 0.25) is 0 Å². The van der Waals surface area contributed by atoms with E-state index in [2.05, 4.69) is 41.2 Å². The molecule has 0 heterocycles. The second-order valence-corrected chi connectivity index (χ2v) is 6.63. The van der Waals surface area contributed by atoms with Crippen LogP contribution in [0.2, 0.25) is 0 Å². The lowest BCUT2D eigenvalue weighted by Crippen LogP contribution is -2.29. The summed E-state index contributed by atoms with van der Waals surface area (Å²) in [4.78, 5) is 0. The van der Waals surface area contributed by atoms with E-state index in [0.717, 1.165) is 34.9 Å². The van der Waals surface area contributed by atoms with Crippen molar-refractivity contribution in [1.29, 1.82) is 0 Å². The Bertz CT molecular complexity index is 474. The number of hydrogen-bond acceptors (Lipinski definition) is 3. The van der Waals surface area contributed by atoms with Crippen molar-refractivity contribution >= 4 is 15.9 Å². The Morgan fingerprint density at radius 3 is 2.52 bits per heavy atom. The molecule has 0 radical (unpaired) electrons. The highest BCUT2D eigenvalue weighted by Gasteiger charge is 2.35. The number of benzene rings is 1. The zero-order valence-corrected chi connectivity index (χ0v) is 15.0. The van der Waals surface area contributed by atoms with Crippen LogP contribution >= 0.6 is 15.9 Å². The summed E-state index contributed by atoms with van der Waals surface area (Å²) in [5.74, 6) is 3.15. The molecule has 1 aliphatic carbocycles. The molecule has 1 aromatic carbocycles. The van der Waals surface area contributed by atoms with Gasteiger partial charge in [0.15, 0.2) is 0 Å². The third kappa shape index (κ3) is 3.72. The predicted molar refractivity (Wildman–Crippen MR) is 90.2 cm³/mol. The number of halogens is 1. The van der Waals surface area contributed by atoms with Crippen molar-refractivity contribution in [3.63, 3.8) is 0 Å². The molecule has 0 spiro atoms. The second kappa shape index (κ2) is 7.50. The van der Waals surface area contributed by atoms with Gasteiger partial charge < -0.3 is 14.8 Å². The molecular formula is C17H26BrNO2. The fourth-order valence-corrected chi connectivity index (χ4v) is 3.62. The molecule has 2 unspecified atom stereocenters. The number of hydrogen-bond donors (Lipinski definition) is 1. The molecule has 2 rings (SSSR count). The number of nitrogens with one attached hydrogen (secondary N) is 1. The standard InChI is InChI=1S/C17H26BrNO2/c1-5-10-19-16(11(2)12-6-7-12)13-8-9-14(20-3)15(18)17(13)21-4/h8-9,11-12,16,19H,5-7,10H2,1-4H3. The normalized spacial score (nSPS) is 17.4. The Morgan fingerprint density at radius 2 is 2.00 bits per heavy atom. The smallest absolute Gasteiger partial charge is 0.141 e. The van der Waals surface area contributed by atoms with Crippen LogP contribution in [0.4, 0.5) is 0 Å². The van der Waals surface area contributed by atoms with E-state index in [-0.39, 0.29) is 0 Å². The summed E-state index contributed by atoms with van der Waals surface area (Å²) in [5.41, 5.74) is 1.22. The predicted octanol–water partition coefficient (Wildman–Crippen LogP) is 4.55. The quantitative estimate of drug-likeness (QED) is 0.741. The highest BCUT2D eigenvalue weighted by atomic mass is 79.9. The molecule has 1 saturated carbocycles. The lowest BCUT2D eigenvalue weighted by molar-refractivity contribution is 0.328. The molecule has 4 heteroatoms. The van der Waals surface area contributed by atoms with Crippen LogP contribution in [0.25, 0.3) is 0 Å². The molecule has 1 aliphatic rings. The number of methoxy groups -OCH3 is 2. The Labute approximate surface area is 136 Å². The van der Waals surface area contributed by atoms with E-state index in [9.17, 15) is 0 Å². The van der Waals surface area contributed by atoms with Gasteiger partial charge in [0.1, 0.15) is 16.0 Å². The van der Waals surface area contributed by atoms with E-state index in [1.54, 1.807) is 14.2 Å². The van der Waals surface area contributed by atoms with Gasteiger partial charge in [0, 0.05) is 11.6 Å². The molecule has 0 amide bonds. The Morgan fingerprint density at radius 1 is 1.29 bits per heavy atom. The molecule has 1 aromatic rings. The molecular weight excluding hydrogens is 330 g/mol. The first-order valence-electron chi connectivity index (χ1n) is 7.77. The first-order chi connectivity index (χ1) is 10.1. The summed E-state index contributed by atoms with van der Waals surface area (Å²) < 4.78 is 11.9. The summed E-state index contributed by atoms with van der Waals surface area (Å²) in [7, 11) is 3.40. The van der Waals surface area contributed by atoms with Crippen molar-refractivity contribution in [2.24, 2.45) is 11.8 Å². The summed E-state index contributed by atoms with van der Waals surface area (Å²) in [5, 5.41) is 3.70. The molecule has 0 saturated heterocycles. The maximum Gasteiger partial charge on any atom is 0.141 e. The third-order valence-electron chi connectivity index (χ3n) is 4.36. The molecule has 21 heavy (non-hydrogen) atoms. The van der Waals surface area contributed by atoms with Crippen molar-refractivity contribution in [2.75, 3.05) is 20.8 Å². The van der Waals surface area contributed by atoms with Crippen LogP contribution in [-0.4, -0.2) is 20.8 Å². The van der Waals surface area contributed by atoms with Crippen LogP contribution in [0.3, 0.4) is 0 Å². The van der Waals surface area contributed by atoms with Gasteiger partial charge in [-0.15, -0.1) is 0 Å². The highest BCUT2D eigenvalue weighted by Crippen LogP contribution is 2.47. The van der Waals surface area contributed by atoms with E-state index in [0.29, 0.717) is 12.0 Å². The Hall–Kier alpha value is -0.740. The minimum Gasteiger partial charge on any atom is -0.495 e. The van der Waals surface area contributed by atoms with Gasteiger partial charge in [-0.3, -0.25) is 0 Å². The van der Waals surface area contributed by atoms with Crippen LogP contribution in [0.15, 0.2) is 16.6 Å². The van der Waals surface area contributed by atoms with E-state index in [1.165, 1.54) is 18.4 Å². The minimum absolute atomic E-state index is 0.328. The van der Waals surface area contributed by atoms with Crippen molar-refractivity contribution in [1.82, 2.24) is 5.32 Å². The largest absolute Gasteiger partial charge is 0.495 e. The van der Waals surface area contributed by atoms with Gasteiger partial charge in [-0.2, -0.15) is 0 Å². The monoisotopic (exact) mass is 355 g/mol. The molecule has 0 bridgehead atoms. The molecule has 2 atom stereocenters. The van der Waals surface area contributed by atoms with E-state index >= 15 is 0 Å². The van der Waals surface area contributed by atoms with E-state index in [1.807, 2.05) is 6.07 Å². The summed E-state index contributed by atoms with van der Waals surface area (Å²) in [6.07, 6.45) is 3.84. The van der Waals surface area contributed by atoms with Crippen LogP contribution in [0.5, 0.6) is 11.5 Å². The Balaban J connectivity index is 2.35. The van der Waals surface area contributed by atoms with Gasteiger partial charge in [-0.25, -0.2) is 0 Å². The maximum absolute atomic E-state index is 5.66. The van der Waals surface area contributed by atoms with Gasteiger partial charge in [0.25, 0.3) is 0 Å². The van der Waals surface area contributed by atoms with Gasteiger partial charge in [-0.1, -0.05) is 13.8 Å². The molecule has 3 nitrogen and oxygen atoms in total. The SMILES string of the molecule is CCCNC(c1ccc(OC)c(Br)c1OC)C(C)C1CC1. The molecule has 118 valence electrons. The first kappa shape index (κ1) is 16.6. The fraction of sp³-hybridized carbons (Fsp3) is 0.647. The van der Waals surface area contributed by atoms with E-state index < -0.39 is 0 Å². The number of ether oxygens (including phenoxy) is 2. The van der Waals surface area contributed by atoms with Crippen LogP contribution in [-0.2, 0) is 0 Å². The number of rotatable bonds is 8. The molecule has 0 aromatic heterocycles. The molecule has 0 aliphatic heterocycles. The van der Waals surface area contributed by atoms with Crippen LogP contribution in [0.1, 0.15) is 44.7 Å². The average Bonchev–Trinajstić information content (AvgIpc) is 3.32. The maximum atomic E-state index is 5.66. The third-order valence-corrected chi connectivity index (χ3v) is 5.11. The zero-order valence-electron chi connectivity index (χ0n) is 13.4. The second-order valence-electron chi connectivity index (χ2n) is 5.83. The zero-order chi connectivity index (χ0) is 15.4. The first-order valence-corrected chi connectivity index (χ1v) is 8.57. The molecule has 1 fully saturated rings. The van der Waals surface area contributed by atoms with Crippen molar-refractivity contribution in [3.8, 4) is 11.5 Å². The van der Waals surface area contributed by atoms with Crippen molar-refractivity contribution in [3.05, 3.63) is 22.2 Å². The van der Waals surface area contributed by atoms with Crippen LogP contribution in [0, 0.1) is 11.8 Å². The summed E-state index contributed by atoms with van der Waals surface area (Å²) in [6.45, 7) is 5.57. The van der Waals surface area contributed by atoms with Crippen LogP contribution < -0.4 is 14.8 Å². The summed E-state index contributed by atoms with van der Waals surface area (Å²) >= 11 is 3.61. The lowest BCUT2D eigenvalue weighted by Gasteiger charge is -2.28. The highest BCUT2D eigenvalue weighted by molar-refractivity contribution is 9.10. The Kier molecular flexibility index (Phi) is 5.94. The summed E-state index contributed by atoms with van der Waals surface area (Å²) in [6, 6.07) is 4.48. The van der Waals surface area contributed by atoms with E-state index in [4.69, 9.17) is 9.47 Å². The van der Waals surface area contributed by atoms with Crippen molar-refractivity contribution in [2.45, 2.75) is 39.2 Å². The lowest BCUT2D eigenvalue weighted by atomic mass is 9.89. The average molecular weight is 356 g/mol. The fourth-order valence-electron chi connectivity index (χ4n) is 2.94. The van der Waals surface area contributed by atoms with Gasteiger partial charge in [-0.05, 0) is 65.7 Å². The molecule has 1 N–H and O–H groups in total. The van der Waals surface area contributed by atoms with Crippen molar-refractivity contribution < 1.29 is 9.47 Å². The minimum atomic E-state index is 0.328. The van der Waals surface area contributed by atoms with Gasteiger partial charge >= 0.3 is 0 Å². The topological polar surface area (TPSA) is 30.5 Å².